The first-order chi connectivity index (χ1) is 16.0. The van der Waals surface area contributed by atoms with Crippen LogP contribution >= 0.6 is 0 Å². The molecule has 2 heterocycles. The molecule has 8 heteroatoms. The molecule has 1 saturated heterocycles. The van der Waals surface area contributed by atoms with Gasteiger partial charge in [-0.3, -0.25) is 19.4 Å². The Bertz CT molecular complexity index is 1040. The Balaban J connectivity index is 1.59. The fraction of sp³-hybridized carbons (Fsp3) is 0.400. The van der Waals surface area contributed by atoms with Crippen molar-refractivity contribution in [3.05, 3.63) is 64.7 Å². The van der Waals surface area contributed by atoms with Gasteiger partial charge in [0.1, 0.15) is 5.75 Å². The zero-order valence-corrected chi connectivity index (χ0v) is 19.2. The average Bonchev–Trinajstić information content (AvgIpc) is 2.83. The summed E-state index contributed by atoms with van der Waals surface area (Å²) in [5.74, 6) is 0.788. The van der Waals surface area contributed by atoms with E-state index in [0.29, 0.717) is 17.1 Å². The second-order valence-electron chi connectivity index (χ2n) is 8.26. The van der Waals surface area contributed by atoms with E-state index in [1.54, 1.807) is 37.1 Å². The van der Waals surface area contributed by atoms with Gasteiger partial charge in [-0.2, -0.15) is 0 Å². The maximum absolute atomic E-state index is 13.1. The van der Waals surface area contributed by atoms with Gasteiger partial charge in [0.25, 0.3) is 5.91 Å². The van der Waals surface area contributed by atoms with Crippen LogP contribution in [0.5, 0.6) is 5.75 Å². The second-order valence-corrected chi connectivity index (χ2v) is 8.26. The maximum atomic E-state index is 13.1. The van der Waals surface area contributed by atoms with E-state index < -0.39 is 6.10 Å². The normalized spacial score (nSPS) is 19.1. The largest absolute Gasteiger partial charge is 0.496 e. The molecule has 0 bridgehead atoms. The molecule has 2 aliphatic heterocycles. The Kier molecular flexibility index (Phi) is 7.05. The van der Waals surface area contributed by atoms with Gasteiger partial charge in [0.05, 0.1) is 26.9 Å². The molecule has 0 N–H and O–H groups in total. The van der Waals surface area contributed by atoms with Crippen molar-refractivity contribution in [2.24, 2.45) is 5.16 Å². The molecule has 2 aromatic carbocycles. The molecule has 0 saturated carbocycles. The highest BCUT2D eigenvalue weighted by molar-refractivity contribution is 6.09. The highest BCUT2D eigenvalue weighted by Gasteiger charge is 2.32. The molecule has 8 nitrogen and oxygen atoms in total. The van der Waals surface area contributed by atoms with Gasteiger partial charge in [-0.25, -0.2) is 0 Å². The van der Waals surface area contributed by atoms with Crippen LogP contribution < -0.4 is 4.74 Å². The van der Waals surface area contributed by atoms with Crippen LogP contribution in [0.4, 0.5) is 0 Å². The first-order valence-corrected chi connectivity index (χ1v) is 11.1. The number of rotatable bonds is 7. The molecule has 2 aromatic rings. The highest BCUT2D eigenvalue weighted by Crippen LogP contribution is 2.25. The van der Waals surface area contributed by atoms with E-state index in [-0.39, 0.29) is 18.2 Å². The monoisotopic (exact) mass is 451 g/mol. The summed E-state index contributed by atoms with van der Waals surface area (Å²) < 4.78 is 10.9. The van der Waals surface area contributed by atoms with Crippen molar-refractivity contribution in [3.63, 3.8) is 0 Å². The van der Waals surface area contributed by atoms with Crippen LogP contribution in [0.3, 0.4) is 0 Å². The van der Waals surface area contributed by atoms with Crippen LogP contribution in [0.1, 0.15) is 40.9 Å². The van der Waals surface area contributed by atoms with Gasteiger partial charge in [-0.05, 0) is 37.6 Å². The lowest BCUT2D eigenvalue weighted by molar-refractivity contribution is -0.142. The van der Waals surface area contributed by atoms with Crippen molar-refractivity contribution < 1.29 is 23.9 Å². The highest BCUT2D eigenvalue weighted by atomic mass is 16.6. The van der Waals surface area contributed by atoms with E-state index in [9.17, 15) is 9.59 Å². The number of nitrogens with zero attached hydrogens (tertiary/aromatic N) is 3. The number of amidine groups is 1. The molecule has 1 fully saturated rings. The number of ketones is 1. The van der Waals surface area contributed by atoms with E-state index in [0.717, 1.165) is 44.0 Å². The Labute approximate surface area is 193 Å². The predicted octanol–water partition coefficient (Wildman–Crippen LogP) is 2.84. The Morgan fingerprint density at radius 3 is 2.52 bits per heavy atom. The van der Waals surface area contributed by atoms with Gasteiger partial charge in [0.15, 0.2) is 11.6 Å². The Morgan fingerprint density at radius 2 is 1.85 bits per heavy atom. The van der Waals surface area contributed by atoms with Crippen LogP contribution in [-0.2, 0) is 27.5 Å². The van der Waals surface area contributed by atoms with E-state index >= 15 is 0 Å². The van der Waals surface area contributed by atoms with E-state index in [1.807, 2.05) is 24.3 Å². The number of ether oxygens (including phenoxy) is 2. The average molecular weight is 452 g/mol. The third-order valence-corrected chi connectivity index (χ3v) is 5.90. The molecule has 33 heavy (non-hydrogen) atoms. The van der Waals surface area contributed by atoms with Crippen molar-refractivity contribution in [2.75, 3.05) is 33.4 Å². The molecular formula is C25H29N3O5. The standard InChI is InChI=1S/C25H29N3O5/c1-17(29)21-8-9-23(31-3)22(14-21)16-28-24(26-33-18(2)25(28)30)20-6-4-19(5-7-20)15-27-10-12-32-13-11-27/h4-9,14,18H,10-13,15-16H2,1-3H3. The Hall–Kier alpha value is -3.23. The van der Waals surface area contributed by atoms with Crippen LogP contribution in [0.25, 0.3) is 0 Å². The SMILES string of the molecule is COc1ccc(C(C)=O)cc1CN1C(=O)C(C)ON=C1c1ccc(CN2CCOCC2)cc1. The number of carbonyl (C=O) groups is 2. The summed E-state index contributed by atoms with van der Waals surface area (Å²) in [6.07, 6.45) is -0.698. The molecule has 1 amide bonds. The molecule has 0 radical (unpaired) electrons. The summed E-state index contributed by atoms with van der Waals surface area (Å²) >= 11 is 0. The van der Waals surface area contributed by atoms with E-state index in [4.69, 9.17) is 14.3 Å². The first-order valence-electron chi connectivity index (χ1n) is 11.1. The number of carbonyl (C=O) groups excluding carboxylic acids is 2. The van der Waals surface area contributed by atoms with Gasteiger partial charge in [0.2, 0.25) is 6.10 Å². The molecule has 4 rings (SSSR count). The lowest BCUT2D eigenvalue weighted by Gasteiger charge is -2.30. The van der Waals surface area contributed by atoms with Crippen molar-refractivity contribution in [2.45, 2.75) is 33.0 Å². The number of Topliss-reactive ketones (excluding diaryl/α,β-unsaturated/α-hetero) is 1. The van der Waals surface area contributed by atoms with Crippen LogP contribution in [-0.4, -0.2) is 66.8 Å². The third kappa shape index (κ3) is 5.23. The molecular weight excluding hydrogens is 422 g/mol. The molecule has 0 spiro atoms. The second kappa shape index (κ2) is 10.1. The lowest BCUT2D eigenvalue weighted by Crippen LogP contribution is -2.46. The van der Waals surface area contributed by atoms with Crippen molar-refractivity contribution in [3.8, 4) is 5.75 Å². The molecule has 0 aromatic heterocycles. The number of amides is 1. The zero-order valence-electron chi connectivity index (χ0n) is 19.2. The third-order valence-electron chi connectivity index (χ3n) is 5.90. The Morgan fingerprint density at radius 1 is 1.12 bits per heavy atom. The van der Waals surface area contributed by atoms with Crippen molar-refractivity contribution in [1.29, 1.82) is 0 Å². The number of methoxy groups -OCH3 is 1. The van der Waals surface area contributed by atoms with Crippen LogP contribution in [0.2, 0.25) is 0 Å². The minimum absolute atomic E-state index is 0.0506. The van der Waals surface area contributed by atoms with Crippen LogP contribution in [0, 0.1) is 0 Å². The minimum Gasteiger partial charge on any atom is -0.496 e. The number of morpholine rings is 1. The smallest absolute Gasteiger partial charge is 0.272 e. The number of hydrogen-bond acceptors (Lipinski definition) is 7. The predicted molar refractivity (Wildman–Crippen MR) is 123 cm³/mol. The topological polar surface area (TPSA) is 80.7 Å². The van der Waals surface area contributed by atoms with Crippen molar-refractivity contribution >= 4 is 17.5 Å². The summed E-state index contributed by atoms with van der Waals surface area (Å²) in [4.78, 5) is 34.3. The summed E-state index contributed by atoms with van der Waals surface area (Å²) in [6.45, 7) is 7.61. The lowest BCUT2D eigenvalue weighted by atomic mass is 10.0. The van der Waals surface area contributed by atoms with Gasteiger partial charge < -0.3 is 14.3 Å². The molecule has 0 aliphatic carbocycles. The van der Waals surface area contributed by atoms with Gasteiger partial charge >= 0.3 is 0 Å². The summed E-state index contributed by atoms with van der Waals surface area (Å²) in [6, 6.07) is 13.2. The van der Waals surface area contributed by atoms with E-state index in [2.05, 4.69) is 10.1 Å². The van der Waals surface area contributed by atoms with Crippen molar-refractivity contribution in [1.82, 2.24) is 9.80 Å². The fourth-order valence-electron chi connectivity index (χ4n) is 3.98. The first kappa shape index (κ1) is 22.9. The van der Waals surface area contributed by atoms with Gasteiger partial charge in [0, 0.05) is 36.3 Å². The quantitative estimate of drug-likeness (QED) is 0.603. The number of hydrogen-bond donors (Lipinski definition) is 0. The van der Waals surface area contributed by atoms with Gasteiger partial charge in [-0.15, -0.1) is 0 Å². The molecule has 1 unspecified atom stereocenters. The maximum Gasteiger partial charge on any atom is 0.272 e. The summed E-state index contributed by atoms with van der Waals surface area (Å²) in [5, 5.41) is 4.25. The van der Waals surface area contributed by atoms with Gasteiger partial charge in [-0.1, -0.05) is 29.4 Å². The molecule has 2 aliphatic rings. The summed E-state index contributed by atoms with van der Waals surface area (Å²) in [5.41, 5.74) is 3.25. The fourth-order valence-corrected chi connectivity index (χ4v) is 3.98. The zero-order chi connectivity index (χ0) is 23.4. The molecule has 1 atom stereocenters. The van der Waals surface area contributed by atoms with Crippen LogP contribution in [0.15, 0.2) is 47.6 Å². The minimum atomic E-state index is -0.698. The molecule has 174 valence electrons. The summed E-state index contributed by atoms with van der Waals surface area (Å²) in [7, 11) is 1.57. The van der Waals surface area contributed by atoms with E-state index in [1.165, 1.54) is 12.5 Å². The number of benzene rings is 2. The number of oxime groups is 1.